The Morgan fingerprint density at radius 3 is 0.763 bits per heavy atom. The molecule has 0 aromatic rings. The van der Waals surface area contributed by atoms with Gasteiger partial charge in [0, 0.05) is 6.42 Å². The van der Waals surface area contributed by atoms with Crippen LogP contribution >= 0.6 is 0 Å². The van der Waals surface area contributed by atoms with Crippen molar-refractivity contribution in [3.05, 3.63) is 0 Å². The molecular formula is C84H167NO8. The van der Waals surface area contributed by atoms with Crippen molar-refractivity contribution in [3.8, 4) is 0 Å². The Hall–Kier alpha value is -0.810. The zero-order valence-corrected chi connectivity index (χ0v) is 62.8. The van der Waals surface area contributed by atoms with E-state index >= 15 is 0 Å². The number of carbonyl (C=O) groups excluding carboxylic acids is 1. The highest BCUT2D eigenvalue weighted by atomic mass is 16.7. The van der Waals surface area contributed by atoms with E-state index in [1.807, 2.05) is 0 Å². The third-order valence-electron chi connectivity index (χ3n) is 21.2. The van der Waals surface area contributed by atoms with E-state index in [1.165, 1.54) is 411 Å². The molecule has 7 unspecified atom stereocenters. The van der Waals surface area contributed by atoms with Gasteiger partial charge in [-0.1, -0.05) is 457 Å². The number of carbonyl (C=O) groups is 1. The van der Waals surface area contributed by atoms with E-state index in [0.717, 1.165) is 38.5 Å². The molecule has 1 amide bonds. The third-order valence-corrected chi connectivity index (χ3v) is 21.2. The fourth-order valence-electron chi connectivity index (χ4n) is 14.6. The highest BCUT2D eigenvalue weighted by Crippen LogP contribution is 2.25. The molecule has 9 nitrogen and oxygen atoms in total. The van der Waals surface area contributed by atoms with Crippen LogP contribution in [0.1, 0.15) is 476 Å². The predicted molar refractivity (Wildman–Crippen MR) is 401 cm³/mol. The highest BCUT2D eigenvalue weighted by Gasteiger charge is 2.44. The number of nitrogens with one attached hydrogen (secondary N) is 1. The average molecular weight is 1320 g/mol. The predicted octanol–water partition coefficient (Wildman–Crippen LogP) is 24.8. The minimum Gasteiger partial charge on any atom is -0.394 e. The summed E-state index contributed by atoms with van der Waals surface area (Å²) in [6.45, 7) is 3.93. The van der Waals surface area contributed by atoms with Gasteiger partial charge in [-0.05, 0) is 12.8 Å². The number of amides is 1. The van der Waals surface area contributed by atoms with Gasteiger partial charge in [0.1, 0.15) is 24.4 Å². The standard InChI is InChI=1S/C84H167NO8/c1-3-5-7-9-11-13-15-17-19-21-23-25-27-29-31-33-35-36-37-38-39-40-41-42-43-44-46-48-50-52-54-56-58-60-62-64-66-68-70-72-74-80(88)85-77(76-92-84-83(91)82(90)81(89)79(75-86)93-84)78(87)73-71-69-67-65-63-61-59-57-55-53-51-49-47-45-34-32-30-28-26-24-22-20-18-16-14-12-10-8-6-4-2/h77-79,81-84,86-87,89-91H,3-76H2,1-2H3,(H,85,88). The van der Waals surface area contributed by atoms with E-state index in [-0.39, 0.29) is 12.5 Å². The molecule has 1 heterocycles. The SMILES string of the molecule is CCCCCCCCCCCCCCCCCCCCCCCCCCCCCCCCCCCCCCCCCCC(=O)NC(COC1OC(CO)C(O)C(O)C1O)C(O)CCCCCCCCCCCCCCCCCCCCCCCCCCCCCCCC. The summed E-state index contributed by atoms with van der Waals surface area (Å²) in [6, 6.07) is -0.717. The zero-order valence-electron chi connectivity index (χ0n) is 62.8. The lowest BCUT2D eigenvalue weighted by atomic mass is 9.99. The van der Waals surface area contributed by atoms with Gasteiger partial charge < -0.3 is 40.3 Å². The van der Waals surface area contributed by atoms with Crippen LogP contribution in [-0.2, 0) is 14.3 Å². The molecule has 0 radical (unpaired) electrons. The summed E-state index contributed by atoms with van der Waals surface area (Å²) >= 11 is 0. The molecule has 1 aliphatic rings. The first-order chi connectivity index (χ1) is 45.8. The summed E-state index contributed by atoms with van der Waals surface area (Å²) in [6.07, 6.45) is 89.7. The number of hydrogen-bond acceptors (Lipinski definition) is 8. The van der Waals surface area contributed by atoms with E-state index in [2.05, 4.69) is 19.2 Å². The van der Waals surface area contributed by atoms with Gasteiger partial charge in [-0.15, -0.1) is 0 Å². The van der Waals surface area contributed by atoms with Gasteiger partial charge in [-0.3, -0.25) is 4.79 Å². The quantitative estimate of drug-likeness (QED) is 0.0330. The number of rotatable bonds is 78. The Labute approximate surface area is 580 Å². The fourth-order valence-corrected chi connectivity index (χ4v) is 14.6. The van der Waals surface area contributed by atoms with Crippen molar-refractivity contribution in [1.82, 2.24) is 5.32 Å². The summed E-state index contributed by atoms with van der Waals surface area (Å²) < 4.78 is 11.4. The monoisotopic (exact) mass is 1320 g/mol. The summed E-state index contributed by atoms with van der Waals surface area (Å²) in [5, 5.41) is 55.1. The molecule has 556 valence electrons. The number of aliphatic hydroxyl groups is 5. The molecule has 0 bridgehead atoms. The Morgan fingerprint density at radius 2 is 0.538 bits per heavy atom. The molecule has 1 fully saturated rings. The second kappa shape index (κ2) is 73.9. The van der Waals surface area contributed by atoms with Crippen LogP contribution in [0.15, 0.2) is 0 Å². The van der Waals surface area contributed by atoms with E-state index in [9.17, 15) is 30.3 Å². The zero-order chi connectivity index (χ0) is 67.1. The van der Waals surface area contributed by atoms with Crippen LogP contribution < -0.4 is 5.32 Å². The molecule has 0 saturated carbocycles. The number of aliphatic hydroxyl groups excluding tert-OH is 5. The topological polar surface area (TPSA) is 149 Å². The molecule has 1 aliphatic heterocycles. The van der Waals surface area contributed by atoms with Gasteiger partial charge in [0.15, 0.2) is 6.29 Å². The molecule has 1 saturated heterocycles. The summed E-state index contributed by atoms with van der Waals surface area (Å²) in [5.74, 6) is -0.131. The van der Waals surface area contributed by atoms with Crippen molar-refractivity contribution in [2.75, 3.05) is 13.2 Å². The lowest BCUT2D eigenvalue weighted by Gasteiger charge is -2.40. The van der Waals surface area contributed by atoms with E-state index in [1.54, 1.807) is 0 Å². The van der Waals surface area contributed by atoms with Crippen LogP contribution in [-0.4, -0.2) is 87.5 Å². The maximum Gasteiger partial charge on any atom is 0.220 e. The summed E-state index contributed by atoms with van der Waals surface area (Å²) in [5.41, 5.74) is 0. The van der Waals surface area contributed by atoms with Gasteiger partial charge in [-0.25, -0.2) is 0 Å². The smallest absolute Gasteiger partial charge is 0.220 e. The molecule has 6 N–H and O–H groups in total. The van der Waals surface area contributed by atoms with Crippen LogP contribution in [0.4, 0.5) is 0 Å². The molecule has 93 heavy (non-hydrogen) atoms. The Bertz CT molecular complexity index is 1430. The highest BCUT2D eigenvalue weighted by molar-refractivity contribution is 5.76. The number of hydrogen-bond donors (Lipinski definition) is 6. The van der Waals surface area contributed by atoms with E-state index in [4.69, 9.17) is 9.47 Å². The molecular weight excluding hydrogens is 1150 g/mol. The van der Waals surface area contributed by atoms with Gasteiger partial charge >= 0.3 is 0 Å². The number of unbranched alkanes of at least 4 members (excludes halogenated alkanes) is 68. The van der Waals surface area contributed by atoms with Crippen molar-refractivity contribution in [2.45, 2.75) is 519 Å². The van der Waals surface area contributed by atoms with Crippen molar-refractivity contribution in [2.24, 2.45) is 0 Å². The maximum atomic E-state index is 13.2. The first-order valence-electron chi connectivity index (χ1n) is 42.7. The lowest BCUT2D eigenvalue weighted by Crippen LogP contribution is -2.60. The Balaban J connectivity index is 2.00. The molecule has 0 aliphatic carbocycles. The van der Waals surface area contributed by atoms with Crippen molar-refractivity contribution in [3.63, 3.8) is 0 Å². The lowest BCUT2D eigenvalue weighted by molar-refractivity contribution is -0.302. The van der Waals surface area contributed by atoms with Crippen molar-refractivity contribution < 1.29 is 39.8 Å². The maximum absolute atomic E-state index is 13.2. The first kappa shape index (κ1) is 90.2. The van der Waals surface area contributed by atoms with Gasteiger partial charge in [0.25, 0.3) is 0 Å². The molecule has 0 aromatic heterocycles. The molecule has 0 aromatic carbocycles. The van der Waals surface area contributed by atoms with Crippen LogP contribution in [0.3, 0.4) is 0 Å². The van der Waals surface area contributed by atoms with Gasteiger partial charge in [0.05, 0.1) is 25.4 Å². The van der Waals surface area contributed by atoms with Crippen LogP contribution in [0.2, 0.25) is 0 Å². The van der Waals surface area contributed by atoms with Crippen LogP contribution in [0, 0.1) is 0 Å². The van der Waals surface area contributed by atoms with Gasteiger partial charge in [0.2, 0.25) is 5.91 Å². The minimum atomic E-state index is -1.55. The molecule has 9 heteroatoms. The first-order valence-corrected chi connectivity index (χ1v) is 42.7. The normalized spacial score (nSPS) is 17.4. The molecule has 7 atom stereocenters. The van der Waals surface area contributed by atoms with Crippen LogP contribution in [0.25, 0.3) is 0 Å². The Morgan fingerprint density at radius 1 is 0.323 bits per heavy atom. The number of ether oxygens (including phenoxy) is 2. The largest absolute Gasteiger partial charge is 0.394 e. The van der Waals surface area contributed by atoms with Crippen molar-refractivity contribution >= 4 is 5.91 Å². The second-order valence-electron chi connectivity index (χ2n) is 30.4. The average Bonchev–Trinajstić information content (AvgIpc) is 1.01. The van der Waals surface area contributed by atoms with E-state index in [0.29, 0.717) is 12.8 Å². The summed E-state index contributed by atoms with van der Waals surface area (Å²) in [4.78, 5) is 13.2. The van der Waals surface area contributed by atoms with Crippen LogP contribution in [0.5, 0.6) is 0 Å². The van der Waals surface area contributed by atoms with E-state index < -0.39 is 49.5 Å². The molecule has 1 rings (SSSR count). The molecule has 0 spiro atoms. The Kier molecular flexibility index (Phi) is 71.7. The summed E-state index contributed by atoms with van der Waals surface area (Å²) in [7, 11) is 0. The van der Waals surface area contributed by atoms with Gasteiger partial charge in [-0.2, -0.15) is 0 Å². The van der Waals surface area contributed by atoms with Crippen molar-refractivity contribution in [1.29, 1.82) is 0 Å². The fraction of sp³-hybridized carbons (Fsp3) is 0.988. The third kappa shape index (κ3) is 62.0. The minimum absolute atomic E-state index is 0.130. The second-order valence-corrected chi connectivity index (χ2v) is 30.4.